The van der Waals surface area contributed by atoms with Crippen LogP contribution in [0.1, 0.15) is 17.8 Å². The van der Waals surface area contributed by atoms with E-state index in [0.717, 1.165) is 37.1 Å². The van der Waals surface area contributed by atoms with Crippen molar-refractivity contribution in [2.45, 2.75) is 25.8 Å². The van der Waals surface area contributed by atoms with Gasteiger partial charge in [-0.15, -0.1) is 0 Å². The molecule has 2 aromatic carbocycles. The predicted molar refractivity (Wildman–Crippen MR) is 101 cm³/mol. The quantitative estimate of drug-likeness (QED) is 0.506. The van der Waals surface area contributed by atoms with Crippen LogP contribution in [0.2, 0.25) is 0 Å². The van der Waals surface area contributed by atoms with E-state index < -0.39 is 0 Å². The summed E-state index contributed by atoms with van der Waals surface area (Å²) in [4.78, 5) is 16.0. The molecule has 0 spiro atoms. The molecule has 1 heterocycles. The van der Waals surface area contributed by atoms with E-state index in [9.17, 15) is 4.79 Å². The lowest BCUT2D eigenvalue weighted by molar-refractivity contribution is -0.116. The zero-order chi connectivity index (χ0) is 17.5. The highest BCUT2D eigenvalue weighted by Crippen LogP contribution is 2.18. The largest absolute Gasteiger partial charge is 0.353 e. The number of para-hydroxylation sites is 2. The van der Waals surface area contributed by atoms with E-state index in [1.165, 1.54) is 17.2 Å². The second-order valence-electron chi connectivity index (χ2n) is 6.00. The Morgan fingerprint density at radius 3 is 2.64 bits per heavy atom. The highest BCUT2D eigenvalue weighted by Gasteiger charge is 2.10. The molecule has 0 radical (unpaired) electrons. The minimum absolute atomic E-state index is 0.127. The molecule has 1 aromatic heterocycles. The molecule has 0 unspecified atom stereocenters. The maximum atomic E-state index is 11.2. The summed E-state index contributed by atoms with van der Waals surface area (Å²) in [6.45, 7) is 5.00. The van der Waals surface area contributed by atoms with Crippen LogP contribution in [0, 0.1) is 0 Å². The number of fused-ring (bicyclic) bond motifs is 1. The number of imidazole rings is 1. The molecule has 1 N–H and O–H groups in total. The van der Waals surface area contributed by atoms with Crippen LogP contribution in [-0.2, 0) is 24.2 Å². The lowest BCUT2D eigenvalue weighted by Crippen LogP contribution is -2.22. The van der Waals surface area contributed by atoms with Gasteiger partial charge in [0.2, 0.25) is 5.91 Å². The van der Waals surface area contributed by atoms with E-state index in [1.54, 1.807) is 0 Å². The number of hydrogen-bond acceptors (Lipinski definition) is 2. The average Bonchev–Trinajstić information content (AvgIpc) is 3.01. The van der Waals surface area contributed by atoms with Crippen molar-refractivity contribution in [3.05, 3.63) is 78.6 Å². The van der Waals surface area contributed by atoms with Crippen LogP contribution in [0.4, 0.5) is 0 Å². The Morgan fingerprint density at radius 2 is 1.84 bits per heavy atom. The second-order valence-corrected chi connectivity index (χ2v) is 6.00. The van der Waals surface area contributed by atoms with Gasteiger partial charge in [-0.05, 0) is 36.6 Å². The van der Waals surface area contributed by atoms with E-state index in [4.69, 9.17) is 4.98 Å². The summed E-state index contributed by atoms with van der Waals surface area (Å²) in [5.41, 5.74) is 3.52. The van der Waals surface area contributed by atoms with Crippen LogP contribution in [-0.4, -0.2) is 22.0 Å². The summed E-state index contributed by atoms with van der Waals surface area (Å²) in [5, 5.41) is 2.82. The highest BCUT2D eigenvalue weighted by atomic mass is 16.1. The van der Waals surface area contributed by atoms with E-state index in [2.05, 4.69) is 58.9 Å². The van der Waals surface area contributed by atoms with Gasteiger partial charge in [-0.25, -0.2) is 4.98 Å². The summed E-state index contributed by atoms with van der Waals surface area (Å²) in [7, 11) is 0. The van der Waals surface area contributed by atoms with Crippen LogP contribution in [0.25, 0.3) is 11.0 Å². The van der Waals surface area contributed by atoms with Gasteiger partial charge >= 0.3 is 0 Å². The van der Waals surface area contributed by atoms with Gasteiger partial charge in [-0.2, -0.15) is 0 Å². The van der Waals surface area contributed by atoms with Gasteiger partial charge < -0.3 is 9.88 Å². The highest BCUT2D eigenvalue weighted by molar-refractivity contribution is 5.86. The maximum Gasteiger partial charge on any atom is 0.243 e. The SMILES string of the molecule is C=CC(=O)NCCCc1nc2ccccc2n1CCc1ccccc1. The molecule has 0 bridgehead atoms. The fourth-order valence-electron chi connectivity index (χ4n) is 2.98. The minimum Gasteiger partial charge on any atom is -0.353 e. The maximum absolute atomic E-state index is 11.2. The Balaban J connectivity index is 1.72. The first kappa shape index (κ1) is 17.0. The zero-order valence-electron chi connectivity index (χ0n) is 14.3. The predicted octanol–water partition coefficient (Wildman–Crippen LogP) is 3.51. The summed E-state index contributed by atoms with van der Waals surface area (Å²) >= 11 is 0. The third-order valence-corrected chi connectivity index (χ3v) is 4.26. The van der Waals surface area contributed by atoms with E-state index >= 15 is 0 Å². The number of nitrogens with zero attached hydrogens (tertiary/aromatic N) is 2. The van der Waals surface area contributed by atoms with E-state index in [0.29, 0.717) is 6.54 Å². The number of rotatable bonds is 8. The lowest BCUT2D eigenvalue weighted by Gasteiger charge is -2.10. The number of carbonyl (C=O) groups excluding carboxylic acids is 1. The van der Waals surface area contributed by atoms with Crippen molar-refractivity contribution in [3.63, 3.8) is 0 Å². The van der Waals surface area contributed by atoms with Crippen molar-refractivity contribution in [1.29, 1.82) is 0 Å². The molecule has 0 saturated carbocycles. The topological polar surface area (TPSA) is 46.9 Å². The zero-order valence-corrected chi connectivity index (χ0v) is 14.3. The van der Waals surface area contributed by atoms with Crippen LogP contribution >= 0.6 is 0 Å². The molecule has 0 aliphatic carbocycles. The smallest absolute Gasteiger partial charge is 0.243 e. The monoisotopic (exact) mass is 333 g/mol. The number of carbonyl (C=O) groups is 1. The van der Waals surface area contributed by atoms with Gasteiger partial charge in [0.1, 0.15) is 5.82 Å². The Bertz CT molecular complexity index is 852. The Kier molecular flexibility index (Phi) is 5.62. The Hall–Kier alpha value is -2.88. The van der Waals surface area contributed by atoms with Gasteiger partial charge in [-0.3, -0.25) is 4.79 Å². The number of aromatic nitrogens is 2. The van der Waals surface area contributed by atoms with Crippen molar-refractivity contribution in [1.82, 2.24) is 14.9 Å². The van der Waals surface area contributed by atoms with Gasteiger partial charge in [0, 0.05) is 19.5 Å². The van der Waals surface area contributed by atoms with Crippen LogP contribution in [0.3, 0.4) is 0 Å². The van der Waals surface area contributed by atoms with E-state index in [-0.39, 0.29) is 5.91 Å². The van der Waals surface area contributed by atoms with Crippen molar-refractivity contribution >= 4 is 16.9 Å². The second kappa shape index (κ2) is 8.29. The van der Waals surface area contributed by atoms with Crippen molar-refractivity contribution < 1.29 is 4.79 Å². The van der Waals surface area contributed by atoms with Gasteiger partial charge in [0.25, 0.3) is 0 Å². The van der Waals surface area contributed by atoms with Crippen molar-refractivity contribution in [2.75, 3.05) is 6.54 Å². The molecule has 0 fully saturated rings. The number of hydrogen-bond donors (Lipinski definition) is 1. The first-order chi connectivity index (χ1) is 12.3. The normalized spacial score (nSPS) is 10.7. The molecule has 0 saturated heterocycles. The molecule has 0 aliphatic heterocycles. The standard InChI is InChI=1S/C21H23N3O/c1-2-21(25)22-15-8-13-20-23-18-11-6-7-12-19(18)24(20)16-14-17-9-4-3-5-10-17/h2-7,9-12H,1,8,13-16H2,(H,22,25). The molecule has 3 aromatic rings. The molecule has 1 amide bonds. The molecule has 4 heteroatoms. The third-order valence-electron chi connectivity index (χ3n) is 4.26. The van der Waals surface area contributed by atoms with Crippen LogP contribution in [0.15, 0.2) is 67.3 Å². The summed E-state index contributed by atoms with van der Waals surface area (Å²) in [6, 6.07) is 18.7. The fourth-order valence-corrected chi connectivity index (χ4v) is 2.98. The Morgan fingerprint density at radius 1 is 1.08 bits per heavy atom. The van der Waals surface area contributed by atoms with Gasteiger partial charge in [0.15, 0.2) is 0 Å². The number of aryl methyl sites for hydroxylation is 3. The first-order valence-corrected chi connectivity index (χ1v) is 8.66. The Labute approximate surface area is 148 Å². The molecular weight excluding hydrogens is 310 g/mol. The van der Waals surface area contributed by atoms with Crippen LogP contribution in [0.5, 0.6) is 0 Å². The van der Waals surface area contributed by atoms with Gasteiger partial charge in [0.05, 0.1) is 11.0 Å². The molecule has 0 aliphatic rings. The number of nitrogens with one attached hydrogen (secondary N) is 1. The molecule has 3 rings (SSSR count). The van der Waals surface area contributed by atoms with E-state index in [1.807, 2.05) is 12.1 Å². The molecule has 128 valence electrons. The van der Waals surface area contributed by atoms with Crippen molar-refractivity contribution in [3.8, 4) is 0 Å². The first-order valence-electron chi connectivity index (χ1n) is 8.66. The molecule has 0 atom stereocenters. The molecular formula is C21H23N3O. The number of benzene rings is 2. The molecule has 4 nitrogen and oxygen atoms in total. The number of amides is 1. The molecule has 25 heavy (non-hydrogen) atoms. The average molecular weight is 333 g/mol. The lowest BCUT2D eigenvalue weighted by atomic mass is 10.1. The minimum atomic E-state index is -0.127. The summed E-state index contributed by atoms with van der Waals surface area (Å²) in [5.74, 6) is 0.947. The summed E-state index contributed by atoms with van der Waals surface area (Å²) in [6.07, 6.45) is 3.96. The summed E-state index contributed by atoms with van der Waals surface area (Å²) < 4.78 is 2.30. The van der Waals surface area contributed by atoms with Crippen molar-refractivity contribution in [2.24, 2.45) is 0 Å². The fraction of sp³-hybridized carbons (Fsp3) is 0.238. The third kappa shape index (κ3) is 4.35. The van der Waals surface area contributed by atoms with Gasteiger partial charge in [-0.1, -0.05) is 49.0 Å². The van der Waals surface area contributed by atoms with Crippen LogP contribution < -0.4 is 5.32 Å².